The number of carbonyl (C=O) groups excluding carboxylic acids is 2. The molecule has 31 heavy (non-hydrogen) atoms. The standard InChI is InChI=1S/C25H33N3O3/c1-2-31-24(29)22-12-6-13-23(18-22)27-25(30)26-14-8-16-28-15-7-11-21(19-28)17-20-9-4-3-5-10-20/h3-6,9-10,12-13,18,21H,2,7-8,11,14-17,19H2,1H3,(H2,26,27,30). The van der Waals surface area contributed by atoms with Crippen LogP contribution in [0.5, 0.6) is 0 Å². The quantitative estimate of drug-likeness (QED) is 0.465. The third kappa shape index (κ3) is 7.72. The molecule has 3 rings (SSSR count). The summed E-state index contributed by atoms with van der Waals surface area (Å²) in [6.07, 6.45) is 4.58. The summed E-state index contributed by atoms with van der Waals surface area (Å²) in [5, 5.41) is 5.68. The average molecular weight is 424 g/mol. The minimum atomic E-state index is -0.390. The van der Waals surface area contributed by atoms with E-state index in [-0.39, 0.29) is 6.03 Å². The van der Waals surface area contributed by atoms with E-state index in [0.717, 1.165) is 32.5 Å². The van der Waals surface area contributed by atoms with Crippen LogP contribution < -0.4 is 10.6 Å². The van der Waals surface area contributed by atoms with Crippen LogP contribution in [-0.2, 0) is 11.2 Å². The topological polar surface area (TPSA) is 70.7 Å². The van der Waals surface area contributed by atoms with Crippen molar-refractivity contribution in [2.24, 2.45) is 5.92 Å². The largest absolute Gasteiger partial charge is 0.462 e. The Morgan fingerprint density at radius 3 is 2.77 bits per heavy atom. The van der Waals surface area contributed by atoms with Crippen LogP contribution in [0.25, 0.3) is 0 Å². The van der Waals surface area contributed by atoms with Gasteiger partial charge in [-0.3, -0.25) is 0 Å². The summed E-state index contributed by atoms with van der Waals surface area (Å²) in [6, 6.07) is 17.2. The van der Waals surface area contributed by atoms with Gasteiger partial charge in [-0.25, -0.2) is 9.59 Å². The number of urea groups is 1. The third-order valence-electron chi connectivity index (χ3n) is 5.54. The maximum atomic E-state index is 12.2. The summed E-state index contributed by atoms with van der Waals surface area (Å²) in [5.41, 5.74) is 2.41. The molecule has 6 nitrogen and oxygen atoms in total. The molecule has 1 aliphatic rings. The molecule has 1 atom stereocenters. The van der Waals surface area contributed by atoms with Gasteiger partial charge in [0.15, 0.2) is 0 Å². The van der Waals surface area contributed by atoms with Gasteiger partial charge in [0.25, 0.3) is 0 Å². The molecule has 0 aliphatic carbocycles. The molecule has 0 aromatic heterocycles. The molecule has 2 amide bonds. The van der Waals surface area contributed by atoms with Crippen molar-refractivity contribution in [3.8, 4) is 0 Å². The Hall–Kier alpha value is -2.86. The number of hydrogen-bond acceptors (Lipinski definition) is 4. The molecule has 0 saturated carbocycles. The van der Waals surface area contributed by atoms with Gasteiger partial charge < -0.3 is 20.3 Å². The lowest BCUT2D eigenvalue weighted by Gasteiger charge is -2.32. The van der Waals surface area contributed by atoms with Crippen molar-refractivity contribution in [3.05, 3.63) is 65.7 Å². The van der Waals surface area contributed by atoms with E-state index in [1.165, 1.54) is 18.4 Å². The number of carbonyl (C=O) groups is 2. The van der Waals surface area contributed by atoms with Crippen molar-refractivity contribution in [1.29, 1.82) is 0 Å². The predicted molar refractivity (Wildman–Crippen MR) is 123 cm³/mol. The number of piperidine rings is 1. The van der Waals surface area contributed by atoms with Crippen LogP contribution in [0.15, 0.2) is 54.6 Å². The SMILES string of the molecule is CCOC(=O)c1cccc(NC(=O)NCCCN2CCCC(Cc3ccccc3)C2)c1. The minimum absolute atomic E-state index is 0.262. The zero-order valence-corrected chi connectivity index (χ0v) is 18.3. The lowest BCUT2D eigenvalue weighted by atomic mass is 9.91. The number of anilines is 1. The smallest absolute Gasteiger partial charge is 0.338 e. The zero-order chi connectivity index (χ0) is 21.9. The molecular formula is C25H33N3O3. The second kappa shape index (κ2) is 12.1. The zero-order valence-electron chi connectivity index (χ0n) is 18.3. The molecule has 0 bridgehead atoms. The van der Waals surface area contributed by atoms with Crippen LogP contribution in [0, 0.1) is 5.92 Å². The summed E-state index contributed by atoms with van der Waals surface area (Å²) in [5.74, 6) is 0.317. The summed E-state index contributed by atoms with van der Waals surface area (Å²) in [6.45, 7) is 5.95. The van der Waals surface area contributed by atoms with E-state index in [9.17, 15) is 9.59 Å². The van der Waals surface area contributed by atoms with E-state index in [1.54, 1.807) is 31.2 Å². The van der Waals surface area contributed by atoms with Crippen molar-refractivity contribution in [2.75, 3.05) is 38.1 Å². The molecule has 2 aromatic rings. The van der Waals surface area contributed by atoms with Crippen LogP contribution in [0.4, 0.5) is 10.5 Å². The number of nitrogens with zero attached hydrogens (tertiary/aromatic N) is 1. The fourth-order valence-electron chi connectivity index (χ4n) is 4.09. The maximum Gasteiger partial charge on any atom is 0.338 e. The molecule has 2 N–H and O–H groups in total. The monoisotopic (exact) mass is 423 g/mol. The Labute approximate surface area is 185 Å². The van der Waals surface area contributed by atoms with Crippen LogP contribution in [0.2, 0.25) is 0 Å². The van der Waals surface area contributed by atoms with E-state index >= 15 is 0 Å². The third-order valence-corrected chi connectivity index (χ3v) is 5.54. The fraction of sp³-hybridized carbons (Fsp3) is 0.440. The van der Waals surface area contributed by atoms with Gasteiger partial charge in [-0.05, 0) is 75.4 Å². The number of rotatable bonds is 9. The molecule has 1 aliphatic heterocycles. The highest BCUT2D eigenvalue weighted by atomic mass is 16.5. The van der Waals surface area contributed by atoms with Gasteiger partial charge in [0, 0.05) is 18.8 Å². The van der Waals surface area contributed by atoms with Gasteiger partial charge in [-0.1, -0.05) is 36.4 Å². The number of esters is 1. The molecule has 1 fully saturated rings. The summed E-state index contributed by atoms with van der Waals surface area (Å²) in [7, 11) is 0. The highest BCUT2D eigenvalue weighted by Crippen LogP contribution is 2.21. The van der Waals surface area contributed by atoms with Crippen LogP contribution in [0.1, 0.15) is 42.1 Å². The summed E-state index contributed by atoms with van der Waals surface area (Å²) >= 11 is 0. The normalized spacial score (nSPS) is 16.5. The van der Waals surface area contributed by atoms with Gasteiger partial charge in [0.2, 0.25) is 0 Å². The van der Waals surface area contributed by atoms with E-state index in [4.69, 9.17) is 4.74 Å². The molecule has 1 heterocycles. The highest BCUT2D eigenvalue weighted by Gasteiger charge is 2.19. The number of likely N-dealkylation sites (tertiary alicyclic amines) is 1. The minimum Gasteiger partial charge on any atom is -0.462 e. The van der Waals surface area contributed by atoms with Crippen molar-refractivity contribution in [3.63, 3.8) is 0 Å². The maximum absolute atomic E-state index is 12.2. The van der Waals surface area contributed by atoms with Crippen LogP contribution in [0.3, 0.4) is 0 Å². The van der Waals surface area contributed by atoms with Gasteiger partial charge in [-0.15, -0.1) is 0 Å². The molecule has 1 saturated heterocycles. The number of nitrogens with one attached hydrogen (secondary N) is 2. The highest BCUT2D eigenvalue weighted by molar-refractivity contribution is 5.93. The molecule has 1 unspecified atom stereocenters. The second-order valence-electron chi connectivity index (χ2n) is 8.03. The molecule has 0 spiro atoms. The van der Waals surface area contributed by atoms with E-state index < -0.39 is 5.97 Å². The molecule has 166 valence electrons. The van der Waals surface area contributed by atoms with Gasteiger partial charge >= 0.3 is 12.0 Å². The number of benzene rings is 2. The lowest BCUT2D eigenvalue weighted by molar-refractivity contribution is 0.0526. The molecular weight excluding hydrogens is 390 g/mol. The Bertz CT molecular complexity index is 841. The van der Waals surface area contributed by atoms with Crippen LogP contribution >= 0.6 is 0 Å². The molecule has 2 aromatic carbocycles. The van der Waals surface area contributed by atoms with Gasteiger partial charge in [-0.2, -0.15) is 0 Å². The molecule has 0 radical (unpaired) electrons. The van der Waals surface area contributed by atoms with Gasteiger partial charge in [0.1, 0.15) is 0 Å². The molecule has 6 heteroatoms. The first kappa shape index (κ1) is 22.8. The van der Waals surface area contributed by atoms with Crippen molar-refractivity contribution < 1.29 is 14.3 Å². The predicted octanol–water partition coefficient (Wildman–Crippen LogP) is 4.33. The first-order valence-corrected chi connectivity index (χ1v) is 11.2. The van der Waals surface area contributed by atoms with Crippen molar-refractivity contribution >= 4 is 17.7 Å². The average Bonchev–Trinajstić information content (AvgIpc) is 2.78. The first-order chi connectivity index (χ1) is 15.1. The number of hydrogen-bond donors (Lipinski definition) is 2. The van der Waals surface area contributed by atoms with Crippen molar-refractivity contribution in [1.82, 2.24) is 10.2 Å². The fourth-order valence-corrected chi connectivity index (χ4v) is 4.09. The van der Waals surface area contributed by atoms with E-state index in [0.29, 0.717) is 30.3 Å². The lowest BCUT2D eigenvalue weighted by Crippen LogP contribution is -2.38. The van der Waals surface area contributed by atoms with E-state index in [1.807, 2.05) is 0 Å². The summed E-state index contributed by atoms with van der Waals surface area (Å²) < 4.78 is 4.99. The Balaban J connectivity index is 1.35. The Morgan fingerprint density at radius 2 is 1.97 bits per heavy atom. The Kier molecular flexibility index (Phi) is 8.91. The second-order valence-corrected chi connectivity index (χ2v) is 8.03. The van der Waals surface area contributed by atoms with E-state index in [2.05, 4.69) is 45.9 Å². The van der Waals surface area contributed by atoms with Gasteiger partial charge in [0.05, 0.1) is 12.2 Å². The summed E-state index contributed by atoms with van der Waals surface area (Å²) in [4.78, 5) is 26.5. The number of ether oxygens (including phenoxy) is 1. The van der Waals surface area contributed by atoms with Crippen LogP contribution in [-0.4, -0.2) is 49.7 Å². The number of amides is 2. The first-order valence-electron chi connectivity index (χ1n) is 11.2. The van der Waals surface area contributed by atoms with Crippen molar-refractivity contribution in [2.45, 2.75) is 32.6 Å². The Morgan fingerprint density at radius 1 is 1.13 bits per heavy atom.